The van der Waals surface area contributed by atoms with Crippen LogP contribution < -0.4 is 10.1 Å². The fraction of sp³-hybridized carbons (Fsp3) is 0.231. The van der Waals surface area contributed by atoms with Gasteiger partial charge in [0.2, 0.25) is 5.91 Å². The number of ether oxygens (including phenoxy) is 1. The van der Waals surface area contributed by atoms with Crippen molar-refractivity contribution in [2.45, 2.75) is 24.9 Å². The molecule has 31 heavy (non-hydrogen) atoms. The summed E-state index contributed by atoms with van der Waals surface area (Å²) >= 11 is 0. The van der Waals surface area contributed by atoms with E-state index in [0.717, 1.165) is 28.9 Å². The molecule has 2 heterocycles. The highest BCUT2D eigenvalue weighted by Gasteiger charge is 2.45. The van der Waals surface area contributed by atoms with Crippen LogP contribution in [0.25, 0.3) is 0 Å². The van der Waals surface area contributed by atoms with E-state index in [1.165, 1.54) is 5.56 Å². The third kappa shape index (κ3) is 3.36. The maximum atomic E-state index is 13.6. The molecule has 2 aliphatic heterocycles. The van der Waals surface area contributed by atoms with Gasteiger partial charge in [-0.1, -0.05) is 54.6 Å². The second kappa shape index (κ2) is 7.91. The van der Waals surface area contributed by atoms with E-state index in [1.807, 2.05) is 65.6 Å². The van der Waals surface area contributed by atoms with E-state index >= 15 is 0 Å². The zero-order valence-corrected chi connectivity index (χ0v) is 17.4. The van der Waals surface area contributed by atoms with Crippen molar-refractivity contribution in [1.29, 1.82) is 0 Å². The maximum absolute atomic E-state index is 13.6. The van der Waals surface area contributed by atoms with Gasteiger partial charge in [0, 0.05) is 18.7 Å². The Morgan fingerprint density at radius 3 is 2.48 bits per heavy atom. The second-order valence-electron chi connectivity index (χ2n) is 8.02. The first kappa shape index (κ1) is 19.4. The summed E-state index contributed by atoms with van der Waals surface area (Å²) in [5, 5.41) is 3.11. The Balaban J connectivity index is 1.50. The molecule has 0 bridgehead atoms. The Hall–Kier alpha value is -3.60. The summed E-state index contributed by atoms with van der Waals surface area (Å²) in [5.74, 6) is 0.273. The molecule has 0 radical (unpaired) electrons. The van der Waals surface area contributed by atoms with E-state index in [9.17, 15) is 9.59 Å². The van der Waals surface area contributed by atoms with Crippen LogP contribution >= 0.6 is 0 Å². The summed E-state index contributed by atoms with van der Waals surface area (Å²) in [5.41, 5.74) is 4.71. The van der Waals surface area contributed by atoms with Gasteiger partial charge < -0.3 is 15.0 Å². The van der Waals surface area contributed by atoms with Gasteiger partial charge in [0.1, 0.15) is 5.75 Å². The standard InChI is InChI=1S/C26H24N2O3/c1-31-19-12-10-17(11-13-19)16-27-25(29)23-21-8-4-5-9-22(21)26(30)28-15-14-18-6-2-3-7-20(18)24(23)28/h2-13,23-24H,14-16H2,1H3,(H,27,29). The molecule has 1 N–H and O–H groups in total. The molecule has 0 aromatic heterocycles. The third-order valence-electron chi connectivity index (χ3n) is 6.34. The number of nitrogens with one attached hydrogen (secondary N) is 1. The lowest BCUT2D eigenvalue weighted by molar-refractivity contribution is -0.124. The summed E-state index contributed by atoms with van der Waals surface area (Å²) in [6.45, 7) is 1.04. The Morgan fingerprint density at radius 2 is 1.71 bits per heavy atom. The molecule has 2 atom stereocenters. The smallest absolute Gasteiger partial charge is 0.254 e. The van der Waals surface area contributed by atoms with Crippen molar-refractivity contribution < 1.29 is 14.3 Å². The van der Waals surface area contributed by atoms with Crippen molar-refractivity contribution in [3.8, 4) is 5.75 Å². The first-order valence-electron chi connectivity index (χ1n) is 10.6. The van der Waals surface area contributed by atoms with Crippen molar-refractivity contribution >= 4 is 11.8 Å². The van der Waals surface area contributed by atoms with E-state index in [1.54, 1.807) is 7.11 Å². The number of nitrogens with zero attached hydrogens (tertiary/aromatic N) is 1. The van der Waals surface area contributed by atoms with Gasteiger partial charge in [0.05, 0.1) is 19.1 Å². The van der Waals surface area contributed by atoms with Crippen LogP contribution in [-0.4, -0.2) is 30.4 Å². The average Bonchev–Trinajstić information content (AvgIpc) is 2.83. The number of hydrogen-bond acceptors (Lipinski definition) is 3. The minimum absolute atomic E-state index is 0.00862. The topological polar surface area (TPSA) is 58.6 Å². The molecule has 0 saturated carbocycles. The highest BCUT2D eigenvalue weighted by atomic mass is 16.5. The lowest BCUT2D eigenvalue weighted by atomic mass is 9.76. The molecule has 156 valence electrons. The molecular formula is C26H24N2O3. The van der Waals surface area contributed by atoms with Crippen molar-refractivity contribution in [3.63, 3.8) is 0 Å². The molecule has 3 aromatic carbocycles. The van der Waals surface area contributed by atoms with E-state index in [2.05, 4.69) is 17.4 Å². The highest BCUT2D eigenvalue weighted by molar-refractivity contribution is 6.01. The molecule has 0 aliphatic carbocycles. The van der Waals surface area contributed by atoms with Crippen molar-refractivity contribution in [2.24, 2.45) is 0 Å². The summed E-state index contributed by atoms with van der Waals surface area (Å²) in [4.78, 5) is 28.7. The van der Waals surface area contributed by atoms with Crippen LogP contribution in [0.1, 0.15) is 44.6 Å². The molecule has 3 aromatic rings. The number of rotatable bonds is 4. The maximum Gasteiger partial charge on any atom is 0.254 e. The van der Waals surface area contributed by atoms with Crippen LogP contribution in [0.4, 0.5) is 0 Å². The lowest BCUT2D eigenvalue weighted by Crippen LogP contribution is -2.50. The lowest BCUT2D eigenvalue weighted by Gasteiger charge is -2.45. The quantitative estimate of drug-likeness (QED) is 0.708. The molecule has 5 nitrogen and oxygen atoms in total. The first-order chi connectivity index (χ1) is 15.2. The number of methoxy groups -OCH3 is 1. The Morgan fingerprint density at radius 1 is 1.00 bits per heavy atom. The van der Waals surface area contributed by atoms with Crippen LogP contribution in [-0.2, 0) is 17.8 Å². The SMILES string of the molecule is COc1ccc(CNC(=O)C2c3ccccc3C(=O)N3CCc4ccccc4C23)cc1. The predicted molar refractivity (Wildman–Crippen MR) is 118 cm³/mol. The zero-order chi connectivity index (χ0) is 21.4. The summed E-state index contributed by atoms with van der Waals surface area (Å²) in [6.07, 6.45) is 0.806. The molecule has 5 rings (SSSR count). The molecule has 0 spiro atoms. The summed E-state index contributed by atoms with van der Waals surface area (Å²) in [6, 6.07) is 23.0. The monoisotopic (exact) mass is 412 g/mol. The first-order valence-corrected chi connectivity index (χ1v) is 10.6. The number of hydrogen-bond donors (Lipinski definition) is 1. The number of carbonyl (C=O) groups excluding carboxylic acids is 2. The van der Waals surface area contributed by atoms with Gasteiger partial charge in [0.25, 0.3) is 5.91 Å². The normalized spacial score (nSPS) is 19.1. The highest BCUT2D eigenvalue weighted by Crippen LogP contribution is 2.45. The molecule has 0 saturated heterocycles. The van der Waals surface area contributed by atoms with Crippen LogP contribution in [0, 0.1) is 0 Å². The van der Waals surface area contributed by atoms with E-state index in [4.69, 9.17) is 4.74 Å². The number of carbonyl (C=O) groups is 2. The van der Waals surface area contributed by atoms with Crippen molar-refractivity contribution in [3.05, 3.63) is 101 Å². The fourth-order valence-electron chi connectivity index (χ4n) is 4.80. The summed E-state index contributed by atoms with van der Waals surface area (Å²) in [7, 11) is 1.63. The van der Waals surface area contributed by atoms with Crippen LogP contribution in [0.15, 0.2) is 72.8 Å². The van der Waals surface area contributed by atoms with E-state index in [-0.39, 0.29) is 17.9 Å². The van der Waals surface area contributed by atoms with Gasteiger partial charge in [-0.15, -0.1) is 0 Å². The average molecular weight is 412 g/mol. The molecule has 2 aliphatic rings. The molecule has 5 heteroatoms. The van der Waals surface area contributed by atoms with Crippen molar-refractivity contribution in [1.82, 2.24) is 10.2 Å². The Labute approximate surface area is 181 Å². The van der Waals surface area contributed by atoms with Crippen molar-refractivity contribution in [2.75, 3.05) is 13.7 Å². The second-order valence-corrected chi connectivity index (χ2v) is 8.02. The van der Waals surface area contributed by atoms with Crippen LogP contribution in [0.2, 0.25) is 0 Å². The fourth-order valence-corrected chi connectivity index (χ4v) is 4.80. The van der Waals surface area contributed by atoms with Crippen LogP contribution in [0.3, 0.4) is 0 Å². The molecule has 2 amide bonds. The third-order valence-corrected chi connectivity index (χ3v) is 6.34. The van der Waals surface area contributed by atoms with Gasteiger partial charge in [-0.05, 0) is 46.9 Å². The Bertz CT molecular complexity index is 1140. The number of amides is 2. The zero-order valence-electron chi connectivity index (χ0n) is 17.4. The number of fused-ring (bicyclic) bond motifs is 4. The minimum atomic E-state index is -0.450. The number of benzene rings is 3. The largest absolute Gasteiger partial charge is 0.497 e. The van der Waals surface area contributed by atoms with Gasteiger partial charge in [-0.25, -0.2) is 0 Å². The van der Waals surface area contributed by atoms with E-state index in [0.29, 0.717) is 18.7 Å². The summed E-state index contributed by atoms with van der Waals surface area (Å²) < 4.78 is 5.21. The predicted octanol–water partition coefficient (Wildman–Crippen LogP) is 3.85. The van der Waals surface area contributed by atoms with E-state index < -0.39 is 5.92 Å². The van der Waals surface area contributed by atoms with Gasteiger partial charge in [0.15, 0.2) is 0 Å². The molecule has 0 fully saturated rings. The molecular weight excluding hydrogens is 388 g/mol. The van der Waals surface area contributed by atoms with Crippen LogP contribution in [0.5, 0.6) is 5.75 Å². The Kier molecular flexibility index (Phi) is 4.94. The van der Waals surface area contributed by atoms with Gasteiger partial charge in [-0.2, -0.15) is 0 Å². The minimum Gasteiger partial charge on any atom is -0.497 e. The van der Waals surface area contributed by atoms with Gasteiger partial charge in [-0.3, -0.25) is 9.59 Å². The van der Waals surface area contributed by atoms with Gasteiger partial charge >= 0.3 is 0 Å². The molecule has 2 unspecified atom stereocenters.